The highest BCUT2D eigenvalue weighted by molar-refractivity contribution is 5.91. The van der Waals surface area contributed by atoms with Crippen LogP contribution in [0.4, 0.5) is 20.2 Å². The van der Waals surface area contributed by atoms with Gasteiger partial charge in [0, 0.05) is 18.3 Å². The van der Waals surface area contributed by atoms with E-state index < -0.39 is 0 Å². The van der Waals surface area contributed by atoms with Gasteiger partial charge in [0.25, 0.3) is 0 Å². The maximum atomic E-state index is 12.9. The largest absolute Gasteiger partial charge is 0.324 e. The number of rotatable bonds is 7. The molecule has 0 aliphatic heterocycles. The summed E-state index contributed by atoms with van der Waals surface area (Å²) in [5.41, 5.74) is 1.82. The quantitative estimate of drug-likeness (QED) is 0.656. The first kappa shape index (κ1) is 19.2. The second kappa shape index (κ2) is 8.90. The highest BCUT2D eigenvalue weighted by atomic mass is 19.1. The number of carbonyl (C=O) groups is 2. The lowest BCUT2D eigenvalue weighted by Crippen LogP contribution is -2.19. The van der Waals surface area contributed by atoms with E-state index in [1.54, 1.807) is 18.3 Å². The van der Waals surface area contributed by atoms with Crippen molar-refractivity contribution >= 4 is 23.2 Å². The first-order valence-corrected chi connectivity index (χ1v) is 8.60. The number of carbonyl (C=O) groups excluding carboxylic acids is 2. The molecule has 3 rings (SSSR count). The van der Waals surface area contributed by atoms with Gasteiger partial charge >= 0.3 is 0 Å². The van der Waals surface area contributed by atoms with Gasteiger partial charge in [-0.1, -0.05) is 12.1 Å². The third-order valence-corrected chi connectivity index (χ3v) is 3.90. The van der Waals surface area contributed by atoms with Gasteiger partial charge in [-0.2, -0.15) is 5.10 Å². The monoisotopic (exact) mass is 384 g/mol. The zero-order valence-electron chi connectivity index (χ0n) is 14.9. The smallest absolute Gasteiger partial charge is 0.246 e. The molecule has 0 saturated heterocycles. The molecule has 3 aromatic rings. The summed E-state index contributed by atoms with van der Waals surface area (Å²) in [4.78, 5) is 24.0. The van der Waals surface area contributed by atoms with Gasteiger partial charge in [-0.15, -0.1) is 0 Å². The maximum Gasteiger partial charge on any atom is 0.246 e. The van der Waals surface area contributed by atoms with E-state index in [0.29, 0.717) is 17.8 Å². The molecule has 0 atom stereocenters. The van der Waals surface area contributed by atoms with Crippen LogP contribution < -0.4 is 10.6 Å². The number of halogens is 2. The molecule has 8 heteroatoms. The lowest BCUT2D eigenvalue weighted by molar-refractivity contribution is -0.117. The lowest BCUT2D eigenvalue weighted by Gasteiger charge is -2.05. The molecule has 0 bridgehead atoms. The highest BCUT2D eigenvalue weighted by Gasteiger charge is 2.08. The van der Waals surface area contributed by atoms with Crippen molar-refractivity contribution in [2.75, 3.05) is 10.6 Å². The number of nitrogens with one attached hydrogen (secondary N) is 2. The van der Waals surface area contributed by atoms with Gasteiger partial charge in [-0.25, -0.2) is 8.78 Å². The Hall–Kier alpha value is -3.55. The van der Waals surface area contributed by atoms with Crippen molar-refractivity contribution < 1.29 is 18.4 Å². The molecule has 1 aromatic heterocycles. The molecule has 144 valence electrons. The van der Waals surface area contributed by atoms with Crippen LogP contribution in [0.5, 0.6) is 0 Å². The average molecular weight is 384 g/mol. The summed E-state index contributed by atoms with van der Waals surface area (Å²) in [6.45, 7) is -0.0528. The molecule has 2 aromatic carbocycles. The fourth-order valence-corrected chi connectivity index (χ4v) is 2.53. The molecule has 28 heavy (non-hydrogen) atoms. The molecule has 2 amide bonds. The van der Waals surface area contributed by atoms with Crippen molar-refractivity contribution in [3.8, 4) is 0 Å². The van der Waals surface area contributed by atoms with Gasteiger partial charge in [0.1, 0.15) is 18.2 Å². The van der Waals surface area contributed by atoms with E-state index in [-0.39, 0.29) is 36.4 Å². The topological polar surface area (TPSA) is 76.0 Å². The number of amides is 2. The first-order chi connectivity index (χ1) is 13.5. The Balaban J connectivity index is 1.46. The summed E-state index contributed by atoms with van der Waals surface area (Å²) in [6, 6.07) is 11.4. The molecule has 0 fully saturated rings. The third-order valence-electron chi connectivity index (χ3n) is 3.90. The van der Waals surface area contributed by atoms with Crippen molar-refractivity contribution in [2.45, 2.75) is 19.4 Å². The van der Waals surface area contributed by atoms with Crippen LogP contribution in [-0.4, -0.2) is 21.6 Å². The van der Waals surface area contributed by atoms with E-state index >= 15 is 0 Å². The maximum absolute atomic E-state index is 12.9. The number of aryl methyl sites for hydroxylation is 1. The van der Waals surface area contributed by atoms with Gasteiger partial charge in [0.05, 0.1) is 11.9 Å². The molecule has 2 N–H and O–H groups in total. The predicted molar refractivity (Wildman–Crippen MR) is 101 cm³/mol. The van der Waals surface area contributed by atoms with Gasteiger partial charge < -0.3 is 10.6 Å². The van der Waals surface area contributed by atoms with Crippen molar-refractivity contribution in [1.29, 1.82) is 0 Å². The van der Waals surface area contributed by atoms with Crippen LogP contribution in [0.15, 0.2) is 60.9 Å². The molecule has 0 saturated carbocycles. The minimum absolute atomic E-state index is 0.0528. The standard InChI is InChI=1S/C20H18F2N4O2/c21-15-4-1-14(2-5-15)3-10-19(27)25-18-11-23-26(12-18)13-20(28)24-17-8-6-16(22)7-9-17/h1-2,4-9,11-12H,3,10,13H2,(H,24,28)(H,25,27). The number of aromatic nitrogens is 2. The minimum Gasteiger partial charge on any atom is -0.324 e. The van der Waals surface area contributed by atoms with Gasteiger partial charge in [0.15, 0.2) is 0 Å². The van der Waals surface area contributed by atoms with E-state index in [4.69, 9.17) is 0 Å². The molecule has 1 heterocycles. The molecule has 0 unspecified atom stereocenters. The molecule has 0 aliphatic carbocycles. The van der Waals surface area contributed by atoms with Crippen LogP contribution in [-0.2, 0) is 22.6 Å². The average Bonchev–Trinajstić information content (AvgIpc) is 3.09. The molecule has 0 radical (unpaired) electrons. The van der Waals surface area contributed by atoms with E-state index in [9.17, 15) is 18.4 Å². The predicted octanol–water partition coefficient (Wildman–Crippen LogP) is 3.37. The Morgan fingerprint density at radius 3 is 2.14 bits per heavy atom. The lowest BCUT2D eigenvalue weighted by atomic mass is 10.1. The summed E-state index contributed by atoms with van der Waals surface area (Å²) < 4.78 is 27.1. The number of hydrogen-bond acceptors (Lipinski definition) is 3. The summed E-state index contributed by atoms with van der Waals surface area (Å²) in [6.07, 6.45) is 3.71. The zero-order chi connectivity index (χ0) is 19.9. The van der Waals surface area contributed by atoms with Crippen LogP contribution in [0.1, 0.15) is 12.0 Å². The molecule has 6 nitrogen and oxygen atoms in total. The van der Waals surface area contributed by atoms with Crippen molar-refractivity contribution in [3.05, 3.63) is 78.1 Å². The van der Waals surface area contributed by atoms with Gasteiger partial charge in [-0.05, 0) is 48.4 Å². The Kier molecular flexibility index (Phi) is 6.11. The van der Waals surface area contributed by atoms with E-state index in [1.807, 2.05) is 0 Å². The Bertz CT molecular complexity index is 953. The number of benzene rings is 2. The van der Waals surface area contributed by atoms with Crippen molar-refractivity contribution in [1.82, 2.24) is 9.78 Å². The number of anilines is 2. The fraction of sp³-hybridized carbons (Fsp3) is 0.150. The van der Waals surface area contributed by atoms with Crippen molar-refractivity contribution in [3.63, 3.8) is 0 Å². The Morgan fingerprint density at radius 2 is 1.46 bits per heavy atom. The van der Waals surface area contributed by atoms with Crippen LogP contribution in [0, 0.1) is 11.6 Å². The van der Waals surface area contributed by atoms with Gasteiger partial charge in [0.2, 0.25) is 11.8 Å². The summed E-state index contributed by atoms with van der Waals surface area (Å²) in [5.74, 6) is -1.24. The number of nitrogens with zero attached hydrogens (tertiary/aromatic N) is 2. The first-order valence-electron chi connectivity index (χ1n) is 8.60. The second-order valence-corrected chi connectivity index (χ2v) is 6.16. The summed E-state index contributed by atoms with van der Waals surface area (Å²) in [5, 5.41) is 9.37. The molecular weight excluding hydrogens is 366 g/mol. The normalized spacial score (nSPS) is 10.5. The molecule has 0 aliphatic rings. The SMILES string of the molecule is O=C(CCc1ccc(F)cc1)Nc1cnn(CC(=O)Nc2ccc(F)cc2)c1. The van der Waals surface area contributed by atoms with E-state index in [1.165, 1.54) is 47.3 Å². The van der Waals surface area contributed by atoms with Crippen LogP contribution in [0.25, 0.3) is 0 Å². The van der Waals surface area contributed by atoms with Crippen LogP contribution >= 0.6 is 0 Å². The zero-order valence-corrected chi connectivity index (χ0v) is 14.9. The second-order valence-electron chi connectivity index (χ2n) is 6.16. The molecular formula is C20H18F2N4O2. The van der Waals surface area contributed by atoms with Crippen molar-refractivity contribution in [2.24, 2.45) is 0 Å². The van der Waals surface area contributed by atoms with E-state index in [2.05, 4.69) is 15.7 Å². The van der Waals surface area contributed by atoms with Crippen LogP contribution in [0.3, 0.4) is 0 Å². The van der Waals surface area contributed by atoms with Crippen LogP contribution in [0.2, 0.25) is 0 Å². The highest BCUT2D eigenvalue weighted by Crippen LogP contribution is 2.10. The molecule has 0 spiro atoms. The Labute approximate surface area is 160 Å². The number of hydrogen-bond donors (Lipinski definition) is 2. The fourth-order valence-electron chi connectivity index (χ4n) is 2.53. The Morgan fingerprint density at radius 1 is 0.857 bits per heavy atom. The minimum atomic E-state index is -0.384. The summed E-state index contributed by atoms with van der Waals surface area (Å²) >= 11 is 0. The van der Waals surface area contributed by atoms with Gasteiger partial charge in [-0.3, -0.25) is 14.3 Å². The third kappa shape index (κ3) is 5.73. The van der Waals surface area contributed by atoms with E-state index in [0.717, 1.165) is 5.56 Å². The summed E-state index contributed by atoms with van der Waals surface area (Å²) in [7, 11) is 0.